The molecule has 6 nitrogen and oxygen atoms in total. The van der Waals surface area contributed by atoms with Gasteiger partial charge < -0.3 is 0 Å². The van der Waals surface area contributed by atoms with Crippen LogP contribution >= 0.6 is 21.6 Å². The molecule has 0 spiro atoms. The van der Waals surface area contributed by atoms with Crippen molar-refractivity contribution in [2.75, 3.05) is 14.1 Å². The Balaban J connectivity index is 2.35. The van der Waals surface area contributed by atoms with Gasteiger partial charge in [0.2, 0.25) is 20.0 Å². The van der Waals surface area contributed by atoms with Crippen molar-refractivity contribution >= 4 is 41.6 Å². The minimum atomic E-state index is -3.59. The predicted octanol–water partition coefficient (Wildman–Crippen LogP) is 2.30. The molecule has 0 amide bonds. The van der Waals surface area contributed by atoms with E-state index in [-0.39, 0.29) is 9.79 Å². The van der Waals surface area contributed by atoms with E-state index >= 15 is 0 Å². The number of benzene rings is 2. The van der Waals surface area contributed by atoms with Gasteiger partial charge in [0.1, 0.15) is 0 Å². The molecule has 2 aromatic carbocycles. The van der Waals surface area contributed by atoms with E-state index in [1.165, 1.54) is 47.8 Å². The Bertz CT molecular complexity index is 850. The molecule has 2 N–H and O–H groups in total. The third-order valence-corrected chi connectivity index (χ3v) is 8.72. The van der Waals surface area contributed by atoms with Crippen molar-refractivity contribution < 1.29 is 16.8 Å². The maximum Gasteiger partial charge on any atom is 0.241 e. The first-order chi connectivity index (χ1) is 11.3. The number of hydrogen-bond donors (Lipinski definition) is 2. The van der Waals surface area contributed by atoms with E-state index in [0.717, 1.165) is 0 Å². The van der Waals surface area contributed by atoms with Gasteiger partial charge in [0.05, 0.1) is 9.79 Å². The van der Waals surface area contributed by atoms with Crippen LogP contribution in [0.5, 0.6) is 0 Å². The predicted molar refractivity (Wildman–Crippen MR) is 97.1 cm³/mol. The monoisotopic (exact) mass is 404 g/mol. The van der Waals surface area contributed by atoms with Crippen LogP contribution in [0, 0.1) is 0 Å². The van der Waals surface area contributed by atoms with Crippen LogP contribution in [0.15, 0.2) is 68.1 Å². The van der Waals surface area contributed by atoms with Gasteiger partial charge >= 0.3 is 0 Å². The van der Waals surface area contributed by atoms with E-state index in [9.17, 15) is 16.8 Å². The molecule has 2 aromatic rings. The molecule has 0 aliphatic rings. The Morgan fingerprint density at radius 3 is 1.33 bits per heavy atom. The van der Waals surface area contributed by atoms with Crippen LogP contribution in [0.3, 0.4) is 0 Å². The molecule has 0 saturated heterocycles. The number of hydrogen-bond acceptors (Lipinski definition) is 6. The molecular weight excluding hydrogens is 388 g/mol. The zero-order chi connectivity index (χ0) is 17.8. The van der Waals surface area contributed by atoms with Crippen LogP contribution in [0.4, 0.5) is 0 Å². The molecule has 0 unspecified atom stereocenters. The lowest BCUT2D eigenvalue weighted by Gasteiger charge is -2.11. The maximum atomic E-state index is 12.1. The lowest BCUT2D eigenvalue weighted by molar-refractivity contribution is 0.584. The highest BCUT2D eigenvalue weighted by Crippen LogP contribution is 2.42. The first kappa shape index (κ1) is 19.3. The molecule has 0 aromatic heterocycles. The Labute approximate surface area is 149 Å². The van der Waals surface area contributed by atoms with Crippen LogP contribution in [-0.2, 0) is 20.0 Å². The van der Waals surface area contributed by atoms with Crippen molar-refractivity contribution in [2.45, 2.75) is 19.6 Å². The quantitative estimate of drug-likeness (QED) is 0.688. The van der Waals surface area contributed by atoms with Gasteiger partial charge in [0, 0.05) is 9.79 Å². The largest absolute Gasteiger partial charge is 0.241 e. The average molecular weight is 405 g/mol. The molecule has 0 fully saturated rings. The smallest absolute Gasteiger partial charge is 0.214 e. The Morgan fingerprint density at radius 2 is 1.00 bits per heavy atom. The van der Waals surface area contributed by atoms with Crippen LogP contribution in [0.1, 0.15) is 0 Å². The van der Waals surface area contributed by atoms with Crippen molar-refractivity contribution in [3.05, 3.63) is 48.5 Å². The molecular formula is C14H16N2O4S4. The van der Waals surface area contributed by atoms with Gasteiger partial charge in [-0.05, 0) is 38.4 Å². The van der Waals surface area contributed by atoms with E-state index in [2.05, 4.69) is 9.44 Å². The maximum absolute atomic E-state index is 12.1. The van der Waals surface area contributed by atoms with Gasteiger partial charge in [-0.15, -0.1) is 0 Å². The molecule has 24 heavy (non-hydrogen) atoms. The highest BCUT2D eigenvalue weighted by atomic mass is 33.1. The summed E-state index contributed by atoms with van der Waals surface area (Å²) in [5.74, 6) is 0. The van der Waals surface area contributed by atoms with E-state index in [1.54, 1.807) is 36.4 Å². The summed E-state index contributed by atoms with van der Waals surface area (Å²) in [6.45, 7) is 0. The van der Waals surface area contributed by atoms with Crippen LogP contribution < -0.4 is 9.44 Å². The first-order valence-electron chi connectivity index (χ1n) is 6.71. The lowest BCUT2D eigenvalue weighted by Crippen LogP contribution is -2.19. The number of rotatable bonds is 7. The van der Waals surface area contributed by atoms with E-state index < -0.39 is 20.0 Å². The standard InChI is InChI=1S/C14H16N2O4S4/c1-15-23(17,18)13-9-5-3-7-11(13)21-22-12-8-4-6-10-14(12)24(19,20)16-2/h3-10,15-16H,1-2H3. The van der Waals surface area contributed by atoms with Gasteiger partial charge in [0.15, 0.2) is 0 Å². The fourth-order valence-corrected chi connectivity index (χ4v) is 6.80. The highest BCUT2D eigenvalue weighted by Gasteiger charge is 2.19. The van der Waals surface area contributed by atoms with Gasteiger partial charge in [0.25, 0.3) is 0 Å². The number of sulfonamides is 2. The fraction of sp³-hybridized carbons (Fsp3) is 0.143. The Hall–Kier alpha value is -1.04. The van der Waals surface area contributed by atoms with Crippen molar-refractivity contribution in [1.82, 2.24) is 9.44 Å². The van der Waals surface area contributed by atoms with Gasteiger partial charge in [-0.1, -0.05) is 45.9 Å². The summed E-state index contributed by atoms with van der Waals surface area (Å²) in [6.07, 6.45) is 0. The Kier molecular flexibility index (Phi) is 6.34. The lowest BCUT2D eigenvalue weighted by atomic mass is 10.4. The summed E-state index contributed by atoms with van der Waals surface area (Å²) in [6, 6.07) is 13.1. The third kappa shape index (κ3) is 4.32. The topological polar surface area (TPSA) is 92.3 Å². The molecule has 0 aliphatic carbocycles. The van der Waals surface area contributed by atoms with E-state index in [0.29, 0.717) is 9.79 Å². The van der Waals surface area contributed by atoms with Crippen molar-refractivity contribution in [3.8, 4) is 0 Å². The number of nitrogens with one attached hydrogen (secondary N) is 2. The molecule has 0 radical (unpaired) electrons. The third-order valence-electron chi connectivity index (χ3n) is 3.04. The molecule has 0 heterocycles. The van der Waals surface area contributed by atoms with Crippen molar-refractivity contribution in [2.24, 2.45) is 0 Å². The summed E-state index contributed by atoms with van der Waals surface area (Å²) < 4.78 is 52.8. The molecule has 0 saturated carbocycles. The molecule has 10 heteroatoms. The van der Waals surface area contributed by atoms with Crippen molar-refractivity contribution in [1.29, 1.82) is 0 Å². The minimum Gasteiger partial charge on any atom is -0.214 e. The summed E-state index contributed by atoms with van der Waals surface area (Å²) in [7, 11) is -2.11. The second-order valence-electron chi connectivity index (χ2n) is 4.48. The van der Waals surface area contributed by atoms with Gasteiger partial charge in [-0.2, -0.15) is 0 Å². The summed E-state index contributed by atoms with van der Waals surface area (Å²) >= 11 is 0. The second-order valence-corrected chi connectivity index (χ2v) is 10.4. The first-order valence-corrected chi connectivity index (χ1v) is 11.8. The fourth-order valence-electron chi connectivity index (χ4n) is 1.79. The average Bonchev–Trinajstić information content (AvgIpc) is 2.60. The molecule has 0 aliphatic heterocycles. The SMILES string of the molecule is CNS(=O)(=O)c1ccccc1SSc1ccccc1S(=O)(=O)NC. The van der Waals surface area contributed by atoms with Crippen LogP contribution in [-0.4, -0.2) is 30.9 Å². The van der Waals surface area contributed by atoms with Gasteiger partial charge in [-0.25, -0.2) is 26.3 Å². The summed E-state index contributed by atoms with van der Waals surface area (Å²) in [4.78, 5) is 1.35. The molecule has 0 bridgehead atoms. The van der Waals surface area contributed by atoms with Crippen LogP contribution in [0.2, 0.25) is 0 Å². The minimum absolute atomic E-state index is 0.152. The van der Waals surface area contributed by atoms with E-state index in [4.69, 9.17) is 0 Å². The van der Waals surface area contributed by atoms with E-state index in [1.807, 2.05) is 0 Å². The zero-order valence-corrected chi connectivity index (χ0v) is 16.2. The molecule has 2 rings (SSSR count). The van der Waals surface area contributed by atoms with Crippen LogP contribution in [0.25, 0.3) is 0 Å². The normalized spacial score (nSPS) is 12.2. The molecule has 130 valence electrons. The Morgan fingerprint density at radius 1 is 0.667 bits per heavy atom. The highest BCUT2D eigenvalue weighted by molar-refractivity contribution is 8.76. The second kappa shape index (κ2) is 7.89. The molecule has 0 atom stereocenters. The van der Waals surface area contributed by atoms with Crippen molar-refractivity contribution in [3.63, 3.8) is 0 Å². The summed E-state index contributed by atoms with van der Waals surface area (Å²) in [5, 5.41) is 0. The van der Waals surface area contributed by atoms with Gasteiger partial charge in [-0.3, -0.25) is 0 Å². The zero-order valence-electron chi connectivity index (χ0n) is 12.9. The summed E-state index contributed by atoms with van der Waals surface area (Å²) in [5.41, 5.74) is 0.